The molecule has 1 aliphatic heterocycles. The van der Waals surface area contributed by atoms with E-state index in [-0.39, 0.29) is 34.2 Å². The van der Waals surface area contributed by atoms with Crippen LogP contribution in [0.4, 0.5) is 0 Å². The van der Waals surface area contributed by atoms with Crippen molar-refractivity contribution in [3.05, 3.63) is 11.6 Å². The molecule has 0 radical (unpaired) electrons. The molecule has 1 saturated heterocycles. The minimum absolute atomic E-state index is 0.0735. The summed E-state index contributed by atoms with van der Waals surface area (Å²) in [5, 5.41) is 43.4. The third-order valence-electron chi connectivity index (χ3n) is 14.1. The molecule has 5 aliphatic carbocycles. The minimum atomic E-state index is -1.31. The van der Waals surface area contributed by atoms with Gasteiger partial charge in [0, 0.05) is 17.3 Å². The van der Waals surface area contributed by atoms with E-state index in [1.165, 1.54) is 5.57 Å². The van der Waals surface area contributed by atoms with Crippen molar-refractivity contribution in [2.24, 2.45) is 50.7 Å². The zero-order valence-corrected chi connectivity index (χ0v) is 25.7. The number of hydrogen-bond acceptors (Lipinski definition) is 6. The van der Waals surface area contributed by atoms with Crippen molar-refractivity contribution in [3.63, 3.8) is 0 Å². The molecule has 7 unspecified atom stereocenters. The fraction of sp³-hybridized carbons (Fsp3) is 0.912. The van der Waals surface area contributed by atoms with Crippen LogP contribution in [-0.2, 0) is 9.53 Å². The average Bonchev–Trinajstić information content (AvgIpc) is 2.89. The Balaban J connectivity index is 1.37. The summed E-state index contributed by atoms with van der Waals surface area (Å²) in [7, 11) is 0. The molecule has 6 aliphatic rings. The summed E-state index contributed by atoms with van der Waals surface area (Å²) >= 11 is 0. The molecule has 0 bridgehead atoms. The Kier molecular flexibility index (Phi) is 6.85. The van der Waals surface area contributed by atoms with Gasteiger partial charge < -0.3 is 25.2 Å². The first-order valence-corrected chi connectivity index (χ1v) is 16.2. The molecule has 0 aromatic heterocycles. The summed E-state index contributed by atoms with van der Waals surface area (Å²) in [6.07, 6.45) is 6.77. The minimum Gasteiger partial charge on any atom is -0.390 e. The van der Waals surface area contributed by atoms with E-state index < -0.39 is 35.9 Å². The number of fused-ring (bicyclic) bond motifs is 7. The summed E-state index contributed by atoms with van der Waals surface area (Å²) in [5.74, 6) is 2.09. The van der Waals surface area contributed by atoms with Crippen molar-refractivity contribution >= 4 is 5.78 Å². The van der Waals surface area contributed by atoms with Crippen LogP contribution in [0.1, 0.15) is 106 Å². The molecule has 4 N–H and O–H groups in total. The monoisotopic (exact) mass is 558 g/mol. The van der Waals surface area contributed by atoms with Gasteiger partial charge in [-0.25, -0.2) is 0 Å². The number of aliphatic hydroxyl groups excluding tert-OH is 4. The van der Waals surface area contributed by atoms with Gasteiger partial charge in [-0.15, -0.1) is 0 Å². The Hall–Kier alpha value is -0.790. The lowest BCUT2D eigenvalue weighted by Gasteiger charge is -2.68. The molecule has 6 rings (SSSR count). The summed E-state index contributed by atoms with van der Waals surface area (Å²) in [4.78, 5) is 13.0. The van der Waals surface area contributed by atoms with Crippen molar-refractivity contribution in [1.82, 2.24) is 0 Å². The van der Waals surface area contributed by atoms with E-state index in [1.807, 2.05) is 0 Å². The highest BCUT2D eigenvalue weighted by atomic mass is 16.5. The number of carbonyl (C=O) groups excluding carboxylic acids is 1. The topological polar surface area (TPSA) is 107 Å². The summed E-state index contributed by atoms with van der Waals surface area (Å²) in [6.45, 7) is 14.1. The lowest BCUT2D eigenvalue weighted by molar-refractivity contribution is -0.241. The Labute approximate surface area is 241 Å². The molecule has 1 heterocycles. The maximum atomic E-state index is 13.0. The van der Waals surface area contributed by atoms with E-state index in [4.69, 9.17) is 4.74 Å². The van der Waals surface area contributed by atoms with E-state index in [9.17, 15) is 25.2 Å². The third kappa shape index (κ3) is 3.94. The fourth-order valence-electron chi connectivity index (χ4n) is 11.7. The van der Waals surface area contributed by atoms with Gasteiger partial charge in [0.05, 0.1) is 12.7 Å². The highest BCUT2D eigenvalue weighted by Gasteiger charge is 2.66. The SMILES string of the molecule is CC1(C)CC[C@]2(C(O)[C@@H]3OC[C@@H](O)C(O)C3O)CCC3C(=CCC4[C@@]3(C)CCC3C(C)(C)C(=O)CC[C@@]34C)C2C1. The number of aliphatic hydroxyl groups is 4. The molecular formula is C34H54O6. The smallest absolute Gasteiger partial charge is 0.138 e. The molecule has 12 atom stereocenters. The largest absolute Gasteiger partial charge is 0.390 e. The molecule has 226 valence electrons. The van der Waals surface area contributed by atoms with Crippen molar-refractivity contribution in [2.75, 3.05) is 6.61 Å². The summed E-state index contributed by atoms with van der Waals surface area (Å²) in [5.41, 5.74) is 1.35. The molecule has 0 spiro atoms. The van der Waals surface area contributed by atoms with Crippen molar-refractivity contribution in [1.29, 1.82) is 0 Å². The number of carbonyl (C=O) groups is 1. The number of rotatable bonds is 2. The van der Waals surface area contributed by atoms with Crippen LogP contribution in [0.2, 0.25) is 0 Å². The van der Waals surface area contributed by atoms with Crippen LogP contribution in [0.25, 0.3) is 0 Å². The zero-order valence-electron chi connectivity index (χ0n) is 25.7. The van der Waals surface area contributed by atoms with E-state index in [2.05, 4.69) is 47.6 Å². The molecule has 0 amide bonds. The Bertz CT molecular complexity index is 1060. The zero-order chi connectivity index (χ0) is 29.0. The first kappa shape index (κ1) is 29.3. The van der Waals surface area contributed by atoms with Gasteiger partial charge >= 0.3 is 0 Å². The van der Waals surface area contributed by atoms with E-state index in [0.29, 0.717) is 30.0 Å². The number of ketones is 1. The second-order valence-corrected chi connectivity index (χ2v) is 16.8. The number of hydrogen-bond donors (Lipinski definition) is 4. The number of Topliss-reactive ketones (excluding diaryl/α,β-unsaturated/α-hetero) is 1. The van der Waals surface area contributed by atoms with Gasteiger partial charge in [-0.05, 0) is 97.7 Å². The maximum Gasteiger partial charge on any atom is 0.138 e. The molecule has 4 saturated carbocycles. The van der Waals surface area contributed by atoms with Crippen molar-refractivity contribution in [3.8, 4) is 0 Å². The van der Waals surface area contributed by atoms with Crippen LogP contribution in [0.5, 0.6) is 0 Å². The van der Waals surface area contributed by atoms with Crippen LogP contribution in [0, 0.1) is 50.7 Å². The Morgan fingerprint density at radius 1 is 0.850 bits per heavy atom. The first-order valence-electron chi connectivity index (χ1n) is 16.2. The molecule has 6 nitrogen and oxygen atoms in total. The highest BCUT2D eigenvalue weighted by molar-refractivity contribution is 5.85. The lowest BCUT2D eigenvalue weighted by atomic mass is 9.37. The van der Waals surface area contributed by atoms with Crippen LogP contribution < -0.4 is 0 Å². The fourth-order valence-corrected chi connectivity index (χ4v) is 11.7. The van der Waals surface area contributed by atoms with Crippen LogP contribution >= 0.6 is 0 Å². The van der Waals surface area contributed by atoms with Gasteiger partial charge in [0.2, 0.25) is 0 Å². The average molecular weight is 559 g/mol. The van der Waals surface area contributed by atoms with Gasteiger partial charge in [-0.2, -0.15) is 0 Å². The van der Waals surface area contributed by atoms with Gasteiger partial charge in [0.25, 0.3) is 0 Å². The van der Waals surface area contributed by atoms with Gasteiger partial charge in [0.1, 0.15) is 30.2 Å². The van der Waals surface area contributed by atoms with E-state index in [1.54, 1.807) is 0 Å². The quantitative estimate of drug-likeness (QED) is 0.363. The second kappa shape index (κ2) is 9.35. The molecule has 40 heavy (non-hydrogen) atoms. The van der Waals surface area contributed by atoms with Crippen molar-refractivity contribution in [2.45, 2.75) is 136 Å². The van der Waals surface area contributed by atoms with Gasteiger partial charge in [-0.1, -0.05) is 53.2 Å². The van der Waals surface area contributed by atoms with Gasteiger partial charge in [0.15, 0.2) is 0 Å². The van der Waals surface area contributed by atoms with Crippen molar-refractivity contribution < 1.29 is 30.0 Å². The second-order valence-electron chi connectivity index (χ2n) is 16.8. The lowest BCUT2D eigenvalue weighted by Crippen LogP contribution is -2.65. The van der Waals surface area contributed by atoms with E-state index in [0.717, 1.165) is 57.8 Å². The predicted octanol–water partition coefficient (Wildman–Crippen LogP) is 4.81. The van der Waals surface area contributed by atoms with Crippen LogP contribution in [-0.4, -0.2) is 63.3 Å². The molecule has 0 aromatic carbocycles. The summed E-state index contributed by atoms with van der Waals surface area (Å²) in [6, 6.07) is 0. The van der Waals surface area contributed by atoms with Crippen LogP contribution in [0.3, 0.4) is 0 Å². The molecule has 0 aromatic rings. The third-order valence-corrected chi connectivity index (χ3v) is 14.1. The van der Waals surface area contributed by atoms with E-state index >= 15 is 0 Å². The highest BCUT2D eigenvalue weighted by Crippen LogP contribution is 2.72. The predicted molar refractivity (Wildman–Crippen MR) is 153 cm³/mol. The first-order chi connectivity index (χ1) is 18.6. The summed E-state index contributed by atoms with van der Waals surface area (Å²) < 4.78 is 5.87. The molecule has 6 heteroatoms. The number of allylic oxidation sites excluding steroid dienone is 2. The number of ether oxygens (including phenoxy) is 1. The standard InChI is InChI=1S/C34H54O6/c1-30(2)15-16-34(29(39)28-27(38)26(37)22(35)18-40-28)14-9-20-19(21(34)17-30)7-8-24-32(20,5)12-10-23-31(3,4)25(36)11-13-33(23,24)6/h7,20-24,26-29,35,37-39H,8-18H2,1-6H3/t20?,21?,22-,23?,24?,26?,27?,28-,29?,32+,33+,34-/m1/s1. The Morgan fingerprint density at radius 3 is 2.30 bits per heavy atom. The molecular weight excluding hydrogens is 504 g/mol. The maximum absolute atomic E-state index is 13.0. The normalized spacial score (nSPS) is 52.4. The van der Waals surface area contributed by atoms with Gasteiger partial charge in [-0.3, -0.25) is 4.79 Å². The molecule has 5 fully saturated rings. The van der Waals surface area contributed by atoms with Crippen LogP contribution in [0.15, 0.2) is 11.6 Å². The Morgan fingerprint density at radius 2 is 1.57 bits per heavy atom.